The van der Waals surface area contributed by atoms with Gasteiger partial charge in [0.1, 0.15) is 6.20 Å². The fourth-order valence-corrected chi connectivity index (χ4v) is 1.44. The zero-order valence-electron chi connectivity index (χ0n) is 10.4. The minimum absolute atomic E-state index is 0.288. The molecular formula is C11H10N6O3. The Morgan fingerprint density at radius 3 is 2.85 bits per heavy atom. The Balaban J connectivity index is 2.09. The summed E-state index contributed by atoms with van der Waals surface area (Å²) >= 11 is 0. The van der Waals surface area contributed by atoms with Crippen LogP contribution in [-0.4, -0.2) is 31.8 Å². The normalized spacial score (nSPS) is 10.7. The molecule has 0 fully saturated rings. The van der Waals surface area contributed by atoms with Gasteiger partial charge in [0.15, 0.2) is 0 Å². The van der Waals surface area contributed by atoms with Crippen LogP contribution >= 0.6 is 0 Å². The fraction of sp³-hybridized carbons (Fsp3) is 0.0909. The summed E-state index contributed by atoms with van der Waals surface area (Å²) < 4.78 is 1.19. The van der Waals surface area contributed by atoms with Crippen LogP contribution in [0.15, 0.2) is 35.8 Å². The van der Waals surface area contributed by atoms with Gasteiger partial charge in [-0.1, -0.05) is 0 Å². The highest BCUT2D eigenvalue weighted by atomic mass is 16.6. The second kappa shape index (κ2) is 5.69. The second-order valence-corrected chi connectivity index (χ2v) is 3.77. The van der Waals surface area contributed by atoms with E-state index >= 15 is 0 Å². The molecule has 0 radical (unpaired) electrons. The summed E-state index contributed by atoms with van der Waals surface area (Å²) in [6.45, 7) is 0. The van der Waals surface area contributed by atoms with E-state index in [-0.39, 0.29) is 11.4 Å². The van der Waals surface area contributed by atoms with Crippen LogP contribution < -0.4 is 5.43 Å². The van der Waals surface area contributed by atoms with Crippen molar-refractivity contribution >= 4 is 17.8 Å². The van der Waals surface area contributed by atoms with Gasteiger partial charge in [-0.2, -0.15) is 10.2 Å². The third kappa shape index (κ3) is 3.02. The SMILES string of the molecule is Cn1cc([N+](=O)[O-])c(C(=O)N/N=C\c2ccncc2)n1. The molecule has 0 aliphatic rings. The van der Waals surface area contributed by atoms with Crippen molar-refractivity contribution in [3.8, 4) is 0 Å². The lowest BCUT2D eigenvalue weighted by Gasteiger charge is -1.95. The number of hydrazone groups is 1. The molecule has 0 spiro atoms. The molecule has 20 heavy (non-hydrogen) atoms. The first kappa shape index (κ1) is 13.3. The maximum Gasteiger partial charge on any atom is 0.320 e. The summed E-state index contributed by atoms with van der Waals surface area (Å²) in [6, 6.07) is 3.39. The van der Waals surface area contributed by atoms with E-state index in [2.05, 4.69) is 20.6 Å². The molecule has 102 valence electrons. The van der Waals surface area contributed by atoms with E-state index in [1.54, 1.807) is 24.5 Å². The molecule has 0 aliphatic carbocycles. The van der Waals surface area contributed by atoms with Crippen molar-refractivity contribution in [3.63, 3.8) is 0 Å². The molecule has 2 rings (SSSR count). The molecule has 2 heterocycles. The summed E-state index contributed by atoms with van der Waals surface area (Å²) in [5, 5.41) is 18.2. The minimum atomic E-state index is -0.748. The zero-order chi connectivity index (χ0) is 14.5. The monoisotopic (exact) mass is 274 g/mol. The molecule has 2 aromatic heterocycles. The van der Waals surface area contributed by atoms with Gasteiger partial charge >= 0.3 is 5.69 Å². The van der Waals surface area contributed by atoms with Crippen LogP contribution in [0.3, 0.4) is 0 Å². The number of carbonyl (C=O) groups excluding carboxylic acids is 1. The van der Waals surface area contributed by atoms with E-state index in [1.165, 1.54) is 17.9 Å². The number of amides is 1. The van der Waals surface area contributed by atoms with Crippen LogP contribution in [0.25, 0.3) is 0 Å². The van der Waals surface area contributed by atoms with Crippen LogP contribution in [0.2, 0.25) is 0 Å². The van der Waals surface area contributed by atoms with Crippen molar-refractivity contribution in [2.24, 2.45) is 12.1 Å². The molecule has 9 heteroatoms. The van der Waals surface area contributed by atoms with Gasteiger partial charge in [0, 0.05) is 19.4 Å². The number of pyridine rings is 1. The molecule has 0 aromatic carbocycles. The Labute approximate surface area is 113 Å². The van der Waals surface area contributed by atoms with Gasteiger partial charge in [-0.25, -0.2) is 5.43 Å². The molecule has 1 N–H and O–H groups in total. The highest BCUT2D eigenvalue weighted by Gasteiger charge is 2.24. The first-order chi connectivity index (χ1) is 9.58. The lowest BCUT2D eigenvalue weighted by atomic mass is 10.3. The predicted octanol–water partition coefficient (Wildman–Crippen LogP) is 0.487. The van der Waals surface area contributed by atoms with Gasteiger partial charge in [-0.3, -0.25) is 24.6 Å². The van der Waals surface area contributed by atoms with Crippen LogP contribution in [0, 0.1) is 10.1 Å². The van der Waals surface area contributed by atoms with Gasteiger partial charge in [-0.05, 0) is 17.7 Å². The quantitative estimate of drug-likeness (QED) is 0.494. The van der Waals surface area contributed by atoms with Gasteiger partial charge in [0.25, 0.3) is 5.91 Å². The fourth-order valence-electron chi connectivity index (χ4n) is 1.44. The average molecular weight is 274 g/mol. The highest BCUT2D eigenvalue weighted by Crippen LogP contribution is 2.15. The van der Waals surface area contributed by atoms with E-state index in [1.807, 2.05) is 0 Å². The largest absolute Gasteiger partial charge is 0.320 e. The van der Waals surface area contributed by atoms with Gasteiger partial charge in [0.2, 0.25) is 5.69 Å². The molecule has 0 saturated heterocycles. The number of rotatable bonds is 4. The highest BCUT2D eigenvalue weighted by molar-refractivity contribution is 5.96. The van der Waals surface area contributed by atoms with Crippen molar-refractivity contribution in [3.05, 3.63) is 52.1 Å². The first-order valence-corrected chi connectivity index (χ1v) is 5.49. The minimum Gasteiger partial charge on any atom is -0.268 e. The van der Waals surface area contributed by atoms with E-state index in [0.29, 0.717) is 0 Å². The number of aromatic nitrogens is 3. The molecule has 1 amide bonds. The number of nitro groups is 1. The van der Waals surface area contributed by atoms with E-state index in [0.717, 1.165) is 11.8 Å². The van der Waals surface area contributed by atoms with Gasteiger partial charge in [0.05, 0.1) is 11.1 Å². The lowest BCUT2D eigenvalue weighted by Crippen LogP contribution is -2.19. The Morgan fingerprint density at radius 1 is 1.50 bits per heavy atom. The van der Waals surface area contributed by atoms with Gasteiger partial charge < -0.3 is 0 Å². The Kier molecular flexibility index (Phi) is 3.80. The van der Waals surface area contributed by atoms with Crippen molar-refractivity contribution in [2.75, 3.05) is 0 Å². The standard InChI is InChI=1S/C11H10N6O3/c1-16-7-9(17(19)20)10(15-16)11(18)14-13-6-8-2-4-12-5-3-8/h2-7H,1H3,(H,14,18)/b13-6-. The zero-order valence-corrected chi connectivity index (χ0v) is 10.4. The van der Waals surface area contributed by atoms with E-state index in [9.17, 15) is 14.9 Å². The Hall–Kier alpha value is -3.10. The topological polar surface area (TPSA) is 115 Å². The maximum absolute atomic E-state index is 11.8. The summed E-state index contributed by atoms with van der Waals surface area (Å²) in [4.78, 5) is 25.7. The lowest BCUT2D eigenvalue weighted by molar-refractivity contribution is -0.385. The molecule has 0 atom stereocenters. The maximum atomic E-state index is 11.8. The first-order valence-electron chi connectivity index (χ1n) is 5.49. The van der Waals surface area contributed by atoms with E-state index < -0.39 is 10.8 Å². The third-order valence-electron chi connectivity index (χ3n) is 2.31. The Morgan fingerprint density at radius 2 is 2.20 bits per heavy atom. The number of nitrogens with zero attached hydrogens (tertiary/aromatic N) is 5. The van der Waals surface area contributed by atoms with Crippen LogP contribution in [0.5, 0.6) is 0 Å². The van der Waals surface area contributed by atoms with Crippen molar-refractivity contribution < 1.29 is 9.72 Å². The molecule has 0 bridgehead atoms. The molecule has 0 unspecified atom stereocenters. The average Bonchev–Trinajstić information content (AvgIpc) is 2.82. The molecular weight excluding hydrogens is 264 g/mol. The van der Waals surface area contributed by atoms with Crippen molar-refractivity contribution in [1.82, 2.24) is 20.2 Å². The number of nitrogens with one attached hydrogen (secondary N) is 1. The van der Waals surface area contributed by atoms with Crippen LogP contribution in [0.4, 0.5) is 5.69 Å². The molecule has 2 aromatic rings. The predicted molar refractivity (Wildman–Crippen MR) is 69.2 cm³/mol. The summed E-state index contributed by atoms with van der Waals surface area (Å²) in [6.07, 6.45) is 5.70. The van der Waals surface area contributed by atoms with Gasteiger partial charge in [-0.15, -0.1) is 0 Å². The molecule has 0 aliphatic heterocycles. The van der Waals surface area contributed by atoms with Crippen LogP contribution in [0.1, 0.15) is 16.1 Å². The van der Waals surface area contributed by atoms with Crippen molar-refractivity contribution in [2.45, 2.75) is 0 Å². The number of carbonyl (C=O) groups is 1. The summed E-state index contributed by atoms with van der Waals surface area (Å²) in [7, 11) is 1.49. The smallest absolute Gasteiger partial charge is 0.268 e. The molecule has 0 saturated carbocycles. The Bertz CT molecular complexity index is 664. The van der Waals surface area contributed by atoms with Crippen molar-refractivity contribution in [1.29, 1.82) is 0 Å². The van der Waals surface area contributed by atoms with E-state index in [4.69, 9.17) is 0 Å². The third-order valence-corrected chi connectivity index (χ3v) is 2.31. The number of aryl methyl sites for hydroxylation is 1. The summed E-state index contributed by atoms with van der Waals surface area (Å²) in [5.41, 5.74) is 2.26. The second-order valence-electron chi connectivity index (χ2n) is 3.77. The summed E-state index contributed by atoms with van der Waals surface area (Å²) in [5.74, 6) is -0.748. The number of hydrogen-bond acceptors (Lipinski definition) is 6. The van der Waals surface area contributed by atoms with Crippen LogP contribution in [-0.2, 0) is 7.05 Å². The molecule has 9 nitrogen and oxygen atoms in total. The number of hydrogen-bond donors (Lipinski definition) is 1.